The Bertz CT molecular complexity index is 2380. The van der Waals surface area contributed by atoms with Crippen LogP contribution in [0.3, 0.4) is 0 Å². The van der Waals surface area contributed by atoms with Crippen LogP contribution in [0.5, 0.6) is 0 Å². The SMILES string of the molecule is c1ccc(-c2cc3c4ccccc4n4c3c3c2C(c2ccccc2)(c2ccccc2)c2ccccc2B3c2ccccc2-4)cc1. The molecule has 0 spiro atoms. The summed E-state index contributed by atoms with van der Waals surface area (Å²) >= 11 is 0. The largest absolute Gasteiger partial charge is 0.310 e. The van der Waals surface area contributed by atoms with E-state index < -0.39 is 5.41 Å². The third-order valence-electron chi connectivity index (χ3n) is 10.3. The summed E-state index contributed by atoms with van der Waals surface area (Å²) in [6.45, 7) is 0.107. The minimum atomic E-state index is -0.530. The smallest absolute Gasteiger partial charge is 0.247 e. The minimum absolute atomic E-state index is 0.107. The molecule has 0 fully saturated rings. The third kappa shape index (κ3) is 3.14. The van der Waals surface area contributed by atoms with Crippen LogP contribution in [0.2, 0.25) is 0 Å². The topological polar surface area (TPSA) is 4.93 Å². The van der Waals surface area contributed by atoms with E-state index in [-0.39, 0.29) is 6.71 Å². The molecular weight excluding hydrogens is 541 g/mol. The molecule has 10 rings (SSSR count). The summed E-state index contributed by atoms with van der Waals surface area (Å²) in [6.07, 6.45) is 0. The zero-order chi connectivity index (χ0) is 29.5. The molecule has 2 aliphatic heterocycles. The summed E-state index contributed by atoms with van der Waals surface area (Å²) in [5, 5.41) is 2.61. The van der Waals surface area contributed by atoms with Crippen molar-refractivity contribution in [2.45, 2.75) is 5.41 Å². The number of hydrogen-bond donors (Lipinski definition) is 0. The van der Waals surface area contributed by atoms with Gasteiger partial charge in [-0.1, -0.05) is 157 Å². The average molecular weight is 570 g/mol. The molecule has 7 aromatic carbocycles. The maximum Gasteiger partial charge on any atom is 0.247 e. The first-order valence-electron chi connectivity index (χ1n) is 15.8. The summed E-state index contributed by atoms with van der Waals surface area (Å²) in [5.41, 5.74) is 15.4. The van der Waals surface area contributed by atoms with Gasteiger partial charge in [-0.15, -0.1) is 0 Å². The molecule has 0 N–H and O–H groups in total. The quantitative estimate of drug-likeness (QED) is 0.190. The molecule has 1 aromatic heterocycles. The zero-order valence-electron chi connectivity index (χ0n) is 24.7. The van der Waals surface area contributed by atoms with Gasteiger partial charge in [0.05, 0.1) is 10.9 Å². The molecule has 0 aliphatic carbocycles. The van der Waals surface area contributed by atoms with Gasteiger partial charge in [0.15, 0.2) is 0 Å². The molecule has 0 radical (unpaired) electrons. The predicted molar refractivity (Wildman–Crippen MR) is 189 cm³/mol. The predicted octanol–water partition coefficient (Wildman–Crippen LogP) is 7.98. The summed E-state index contributed by atoms with van der Waals surface area (Å²) in [6, 6.07) is 63.3. The Morgan fingerprint density at radius 2 is 1.07 bits per heavy atom. The maximum absolute atomic E-state index is 2.55. The first-order valence-corrected chi connectivity index (χ1v) is 15.8. The summed E-state index contributed by atoms with van der Waals surface area (Å²) < 4.78 is 2.55. The standard InChI is InChI=1S/C43H28BN/c1-4-16-29(17-5-1)33-28-34-32-22-10-14-26-38(32)45-39-27-15-13-25-37(39)44-36-24-12-11-23-35(36)43(30-18-6-2-7-19-30,31-20-8-3-9-21-31)40(33)41(44)42(34)45/h1-28H. The number of fused-ring (bicyclic) bond motifs is 8. The lowest BCUT2D eigenvalue weighted by atomic mass is 9.29. The lowest BCUT2D eigenvalue weighted by Crippen LogP contribution is -2.64. The van der Waals surface area contributed by atoms with Gasteiger partial charge >= 0.3 is 0 Å². The monoisotopic (exact) mass is 569 g/mol. The maximum atomic E-state index is 2.55. The van der Waals surface area contributed by atoms with E-state index in [4.69, 9.17) is 0 Å². The van der Waals surface area contributed by atoms with Crippen LogP contribution in [-0.4, -0.2) is 11.3 Å². The van der Waals surface area contributed by atoms with E-state index in [0.29, 0.717) is 0 Å². The summed E-state index contributed by atoms with van der Waals surface area (Å²) in [5.74, 6) is 0. The van der Waals surface area contributed by atoms with Gasteiger partial charge in [-0.3, -0.25) is 0 Å². The fourth-order valence-electron chi connectivity index (χ4n) is 8.72. The third-order valence-corrected chi connectivity index (χ3v) is 10.3. The zero-order valence-corrected chi connectivity index (χ0v) is 24.7. The highest BCUT2D eigenvalue weighted by Crippen LogP contribution is 2.51. The second-order valence-electron chi connectivity index (χ2n) is 12.4. The van der Waals surface area contributed by atoms with Crippen molar-refractivity contribution in [1.82, 2.24) is 4.57 Å². The van der Waals surface area contributed by atoms with Gasteiger partial charge in [0, 0.05) is 22.0 Å². The average Bonchev–Trinajstić information content (AvgIpc) is 3.46. The van der Waals surface area contributed by atoms with Gasteiger partial charge in [0.2, 0.25) is 6.71 Å². The Hall–Kier alpha value is -5.60. The Labute approximate surface area is 263 Å². The summed E-state index contributed by atoms with van der Waals surface area (Å²) in [4.78, 5) is 0. The number of hydrogen-bond acceptors (Lipinski definition) is 0. The molecule has 0 saturated heterocycles. The van der Waals surface area contributed by atoms with Crippen LogP contribution >= 0.6 is 0 Å². The lowest BCUT2D eigenvalue weighted by Gasteiger charge is -2.47. The molecular formula is C43H28BN. The Kier molecular flexibility index (Phi) is 5.07. The highest BCUT2D eigenvalue weighted by molar-refractivity contribution is 6.99. The van der Waals surface area contributed by atoms with Gasteiger partial charge in [-0.2, -0.15) is 0 Å². The van der Waals surface area contributed by atoms with Crippen molar-refractivity contribution in [2.24, 2.45) is 0 Å². The molecule has 1 nitrogen and oxygen atoms in total. The molecule has 2 heteroatoms. The molecule has 45 heavy (non-hydrogen) atoms. The Morgan fingerprint density at radius 1 is 0.489 bits per heavy atom. The van der Waals surface area contributed by atoms with Crippen LogP contribution in [0.4, 0.5) is 0 Å². The highest BCUT2D eigenvalue weighted by Gasteiger charge is 2.52. The highest BCUT2D eigenvalue weighted by atomic mass is 15.0. The van der Waals surface area contributed by atoms with Gasteiger partial charge in [0.25, 0.3) is 0 Å². The van der Waals surface area contributed by atoms with E-state index in [2.05, 4.69) is 174 Å². The second kappa shape index (κ2) is 9.20. The van der Waals surface area contributed by atoms with Gasteiger partial charge < -0.3 is 4.57 Å². The van der Waals surface area contributed by atoms with Crippen LogP contribution < -0.4 is 16.4 Å². The fraction of sp³-hybridized carbons (Fsp3) is 0.0233. The van der Waals surface area contributed by atoms with E-state index in [1.54, 1.807) is 0 Å². The van der Waals surface area contributed by atoms with Gasteiger partial charge in [-0.05, 0) is 62.5 Å². The van der Waals surface area contributed by atoms with E-state index in [0.717, 1.165) is 0 Å². The van der Waals surface area contributed by atoms with Crippen molar-refractivity contribution < 1.29 is 0 Å². The minimum Gasteiger partial charge on any atom is -0.310 e. The van der Waals surface area contributed by atoms with Crippen LogP contribution in [0.15, 0.2) is 170 Å². The fourth-order valence-corrected chi connectivity index (χ4v) is 8.72. The Balaban J connectivity index is 1.54. The van der Waals surface area contributed by atoms with Crippen LogP contribution in [0, 0.1) is 0 Å². The van der Waals surface area contributed by atoms with Crippen molar-refractivity contribution >= 4 is 44.9 Å². The Morgan fingerprint density at radius 3 is 1.80 bits per heavy atom. The van der Waals surface area contributed by atoms with Crippen molar-refractivity contribution in [3.8, 4) is 16.8 Å². The number of aromatic nitrogens is 1. The van der Waals surface area contributed by atoms with E-state index in [1.807, 2.05) is 0 Å². The van der Waals surface area contributed by atoms with Crippen LogP contribution in [-0.2, 0) is 5.41 Å². The first kappa shape index (κ1) is 24.8. The van der Waals surface area contributed by atoms with Gasteiger partial charge in [-0.25, -0.2) is 0 Å². The molecule has 208 valence electrons. The van der Waals surface area contributed by atoms with Crippen LogP contribution in [0.1, 0.15) is 22.3 Å². The van der Waals surface area contributed by atoms with Crippen molar-refractivity contribution in [3.05, 3.63) is 192 Å². The second-order valence-corrected chi connectivity index (χ2v) is 12.4. The van der Waals surface area contributed by atoms with Crippen molar-refractivity contribution in [3.63, 3.8) is 0 Å². The number of nitrogens with zero attached hydrogens (tertiary/aromatic N) is 1. The molecule has 0 bridgehead atoms. The van der Waals surface area contributed by atoms with Gasteiger partial charge in [0.1, 0.15) is 0 Å². The van der Waals surface area contributed by atoms with E-state index >= 15 is 0 Å². The molecule has 0 atom stereocenters. The molecule has 8 aromatic rings. The molecule has 3 heterocycles. The molecule has 0 saturated carbocycles. The molecule has 2 aliphatic rings. The number of para-hydroxylation sites is 2. The molecule has 0 unspecified atom stereocenters. The van der Waals surface area contributed by atoms with Crippen molar-refractivity contribution in [1.29, 1.82) is 0 Å². The number of rotatable bonds is 3. The van der Waals surface area contributed by atoms with E-state index in [9.17, 15) is 0 Å². The van der Waals surface area contributed by atoms with Crippen molar-refractivity contribution in [2.75, 3.05) is 0 Å². The first-order chi connectivity index (χ1) is 22.4. The normalized spacial score (nSPS) is 13.9. The van der Waals surface area contributed by atoms with Crippen LogP contribution in [0.25, 0.3) is 38.6 Å². The van der Waals surface area contributed by atoms with E-state index in [1.165, 1.54) is 77.3 Å². The lowest BCUT2D eigenvalue weighted by molar-refractivity contribution is 0.753. The molecule has 0 amide bonds. The number of benzene rings is 7. The summed E-state index contributed by atoms with van der Waals surface area (Å²) in [7, 11) is 0.